The minimum atomic E-state index is -4.19. The Hall–Kier alpha value is -1.23. The first-order valence-electron chi connectivity index (χ1n) is 5.97. The van der Waals surface area contributed by atoms with Crippen LogP contribution < -0.4 is 0 Å². The minimum Gasteiger partial charge on any atom is -0.508 e. The molecule has 18 heavy (non-hydrogen) atoms. The largest absolute Gasteiger partial charge is 0.508 e. The van der Waals surface area contributed by atoms with E-state index < -0.39 is 12.7 Å². The predicted octanol–water partition coefficient (Wildman–Crippen LogP) is 3.73. The summed E-state index contributed by atoms with van der Waals surface area (Å²) in [7, 11) is 0. The number of hydrogen-bond donors (Lipinski definition) is 1. The van der Waals surface area contributed by atoms with Gasteiger partial charge in [-0.3, -0.25) is 4.90 Å². The molecule has 0 heterocycles. The van der Waals surface area contributed by atoms with E-state index in [4.69, 9.17) is 0 Å². The van der Waals surface area contributed by atoms with E-state index in [1.165, 1.54) is 17.0 Å². The zero-order valence-corrected chi connectivity index (χ0v) is 10.5. The van der Waals surface area contributed by atoms with Crippen molar-refractivity contribution < 1.29 is 18.3 Å². The van der Waals surface area contributed by atoms with Gasteiger partial charge in [0.1, 0.15) is 5.75 Å². The maximum Gasteiger partial charge on any atom is 0.401 e. The number of hydrogen-bond acceptors (Lipinski definition) is 2. The lowest BCUT2D eigenvalue weighted by Crippen LogP contribution is -2.36. The Morgan fingerprint density at radius 2 is 1.72 bits per heavy atom. The molecule has 0 aromatic heterocycles. The molecule has 0 spiro atoms. The molecule has 0 radical (unpaired) electrons. The van der Waals surface area contributed by atoms with E-state index in [0.29, 0.717) is 13.0 Å². The highest BCUT2D eigenvalue weighted by molar-refractivity contribution is 5.28. The zero-order chi connectivity index (χ0) is 13.8. The van der Waals surface area contributed by atoms with Gasteiger partial charge in [-0.25, -0.2) is 0 Å². The Kier molecular flexibility index (Phi) is 5.02. The van der Waals surface area contributed by atoms with E-state index in [-0.39, 0.29) is 11.8 Å². The molecule has 1 atom stereocenters. The second-order valence-corrected chi connectivity index (χ2v) is 4.19. The fraction of sp³-hybridized carbons (Fsp3) is 0.538. The number of aromatic hydroxyl groups is 1. The number of nitrogens with zero attached hydrogens (tertiary/aromatic N) is 1. The lowest BCUT2D eigenvalue weighted by molar-refractivity contribution is -0.150. The molecule has 0 aliphatic heterocycles. The van der Waals surface area contributed by atoms with Crippen LogP contribution in [0.5, 0.6) is 5.75 Å². The Balaban J connectivity index is 2.89. The SMILES string of the molecule is CCC(c1ccc(O)cc1)N(CC)CC(F)(F)F. The van der Waals surface area contributed by atoms with Gasteiger partial charge in [-0.1, -0.05) is 26.0 Å². The molecule has 0 bridgehead atoms. The molecule has 0 aliphatic rings. The summed E-state index contributed by atoms with van der Waals surface area (Å²) in [6.45, 7) is 2.99. The molecule has 0 saturated carbocycles. The van der Waals surface area contributed by atoms with Gasteiger partial charge in [0, 0.05) is 6.04 Å². The Labute approximate surface area is 105 Å². The van der Waals surface area contributed by atoms with Crippen molar-refractivity contribution in [3.8, 4) is 5.75 Å². The van der Waals surface area contributed by atoms with Crippen LogP contribution in [0.2, 0.25) is 0 Å². The smallest absolute Gasteiger partial charge is 0.401 e. The normalized spacial score (nSPS) is 13.9. The third-order valence-corrected chi connectivity index (χ3v) is 2.89. The molecule has 102 valence electrons. The third-order valence-electron chi connectivity index (χ3n) is 2.89. The summed E-state index contributed by atoms with van der Waals surface area (Å²) in [6, 6.07) is 6.06. The van der Waals surface area contributed by atoms with Crippen LogP contribution in [0.1, 0.15) is 31.9 Å². The number of phenolic OH excluding ortho intramolecular Hbond substituents is 1. The summed E-state index contributed by atoms with van der Waals surface area (Å²) < 4.78 is 37.5. The van der Waals surface area contributed by atoms with E-state index in [1.807, 2.05) is 6.92 Å². The number of halogens is 3. The van der Waals surface area contributed by atoms with Gasteiger partial charge in [0.25, 0.3) is 0 Å². The maximum atomic E-state index is 12.5. The summed E-state index contributed by atoms with van der Waals surface area (Å²) in [5, 5.41) is 9.20. The molecule has 0 amide bonds. The van der Waals surface area contributed by atoms with Crippen LogP contribution in [0.25, 0.3) is 0 Å². The van der Waals surface area contributed by atoms with Crippen molar-refractivity contribution in [2.75, 3.05) is 13.1 Å². The molecule has 2 nitrogen and oxygen atoms in total. The van der Waals surface area contributed by atoms with Crippen LogP contribution in [0.3, 0.4) is 0 Å². The van der Waals surface area contributed by atoms with Crippen LogP contribution >= 0.6 is 0 Å². The molecule has 1 rings (SSSR count). The van der Waals surface area contributed by atoms with E-state index in [0.717, 1.165) is 5.56 Å². The second kappa shape index (κ2) is 6.09. The van der Waals surface area contributed by atoms with Crippen molar-refractivity contribution in [1.29, 1.82) is 0 Å². The van der Waals surface area contributed by atoms with E-state index in [9.17, 15) is 18.3 Å². The summed E-state index contributed by atoms with van der Waals surface area (Å²) in [5.41, 5.74) is 0.793. The van der Waals surface area contributed by atoms with Crippen molar-refractivity contribution in [3.05, 3.63) is 29.8 Å². The lowest BCUT2D eigenvalue weighted by atomic mass is 10.0. The fourth-order valence-electron chi connectivity index (χ4n) is 2.07. The van der Waals surface area contributed by atoms with E-state index in [1.54, 1.807) is 19.1 Å². The molecule has 1 aromatic rings. The van der Waals surface area contributed by atoms with Crippen molar-refractivity contribution in [2.45, 2.75) is 32.5 Å². The molecular weight excluding hydrogens is 243 g/mol. The van der Waals surface area contributed by atoms with Crippen molar-refractivity contribution in [3.63, 3.8) is 0 Å². The summed E-state index contributed by atoms with van der Waals surface area (Å²) in [5.74, 6) is 0.118. The van der Waals surface area contributed by atoms with Gasteiger partial charge >= 0.3 is 6.18 Å². The van der Waals surface area contributed by atoms with Gasteiger partial charge < -0.3 is 5.11 Å². The number of phenols is 1. The molecule has 0 saturated heterocycles. The highest BCUT2D eigenvalue weighted by atomic mass is 19.4. The van der Waals surface area contributed by atoms with Gasteiger partial charge in [-0.05, 0) is 30.7 Å². The van der Waals surface area contributed by atoms with Crippen LogP contribution in [0, 0.1) is 0 Å². The molecule has 5 heteroatoms. The molecule has 1 unspecified atom stereocenters. The number of alkyl halides is 3. The highest BCUT2D eigenvalue weighted by Crippen LogP contribution is 2.28. The van der Waals surface area contributed by atoms with Gasteiger partial charge in [0.2, 0.25) is 0 Å². The van der Waals surface area contributed by atoms with Gasteiger partial charge in [-0.15, -0.1) is 0 Å². The van der Waals surface area contributed by atoms with Crippen molar-refractivity contribution in [2.24, 2.45) is 0 Å². The Morgan fingerprint density at radius 1 is 1.17 bits per heavy atom. The molecule has 0 fully saturated rings. The van der Waals surface area contributed by atoms with Crippen molar-refractivity contribution in [1.82, 2.24) is 4.90 Å². The molecular formula is C13H18F3NO. The van der Waals surface area contributed by atoms with E-state index in [2.05, 4.69) is 0 Å². The summed E-state index contributed by atoms with van der Waals surface area (Å²) in [6.07, 6.45) is -3.60. The fourth-order valence-corrected chi connectivity index (χ4v) is 2.07. The standard InChI is InChI=1S/C13H18F3NO/c1-3-12(10-5-7-11(18)8-6-10)17(4-2)9-13(14,15)16/h5-8,12,18H,3-4,9H2,1-2H3. The second-order valence-electron chi connectivity index (χ2n) is 4.19. The quantitative estimate of drug-likeness (QED) is 0.873. The molecule has 1 N–H and O–H groups in total. The minimum absolute atomic E-state index is 0.118. The van der Waals surface area contributed by atoms with E-state index >= 15 is 0 Å². The first kappa shape index (κ1) is 14.8. The van der Waals surface area contributed by atoms with Crippen LogP contribution in [-0.2, 0) is 0 Å². The monoisotopic (exact) mass is 261 g/mol. The number of rotatable bonds is 5. The molecule has 0 aliphatic carbocycles. The van der Waals surface area contributed by atoms with Gasteiger partial charge in [0.15, 0.2) is 0 Å². The Bertz CT molecular complexity index is 361. The van der Waals surface area contributed by atoms with Crippen LogP contribution in [-0.4, -0.2) is 29.3 Å². The van der Waals surface area contributed by atoms with Gasteiger partial charge in [0.05, 0.1) is 6.54 Å². The summed E-state index contributed by atoms with van der Waals surface area (Å²) in [4.78, 5) is 1.40. The third kappa shape index (κ3) is 4.22. The predicted molar refractivity (Wildman–Crippen MR) is 64.4 cm³/mol. The first-order chi connectivity index (χ1) is 8.37. The first-order valence-corrected chi connectivity index (χ1v) is 5.97. The van der Waals surface area contributed by atoms with Gasteiger partial charge in [-0.2, -0.15) is 13.2 Å². The lowest BCUT2D eigenvalue weighted by Gasteiger charge is -2.31. The summed E-state index contributed by atoms with van der Waals surface area (Å²) >= 11 is 0. The molecule has 1 aromatic carbocycles. The zero-order valence-electron chi connectivity index (χ0n) is 10.5. The van der Waals surface area contributed by atoms with Crippen LogP contribution in [0.4, 0.5) is 13.2 Å². The topological polar surface area (TPSA) is 23.5 Å². The van der Waals surface area contributed by atoms with Crippen molar-refractivity contribution >= 4 is 0 Å². The Morgan fingerprint density at radius 3 is 2.11 bits per heavy atom. The average Bonchev–Trinajstić information content (AvgIpc) is 2.29. The van der Waals surface area contributed by atoms with Crippen LogP contribution in [0.15, 0.2) is 24.3 Å². The maximum absolute atomic E-state index is 12.5. The number of benzene rings is 1. The highest BCUT2D eigenvalue weighted by Gasteiger charge is 2.33. The average molecular weight is 261 g/mol.